The number of hydrogen-bond donors (Lipinski definition) is 21. The van der Waals surface area contributed by atoms with E-state index in [1.54, 1.807) is 62.3 Å². The summed E-state index contributed by atoms with van der Waals surface area (Å²) in [5.41, 5.74) is -3.27. The maximum Gasteiger partial charge on any atom is 0.248 e. The predicted octanol–water partition coefficient (Wildman–Crippen LogP) is -4.52. The highest BCUT2D eigenvalue weighted by atomic mass is 16.3. The number of hydrogen-bond acceptors (Lipinski definition) is 22. The summed E-state index contributed by atoms with van der Waals surface area (Å²) in [5.74, 6) is -18.2. The maximum atomic E-state index is 14.5. The molecule has 23 N–H and O–H groups in total. The van der Waals surface area contributed by atoms with Crippen molar-refractivity contribution in [1.82, 2.24) is 95.3 Å². The molecule has 0 aliphatic carbocycles. The second kappa shape index (κ2) is 46.0. The monoisotopic (exact) mass is 1730 g/mol. The van der Waals surface area contributed by atoms with E-state index < -0.39 is 255 Å². The molecule has 1 saturated heterocycles. The number of primary amides is 2. The van der Waals surface area contributed by atoms with Crippen molar-refractivity contribution in [2.75, 3.05) is 26.3 Å². The number of nitrogens with two attached hydrogens (primary N) is 2. The molecule has 1 fully saturated rings. The van der Waals surface area contributed by atoms with Gasteiger partial charge in [-0.3, -0.25) is 95.9 Å². The summed E-state index contributed by atoms with van der Waals surface area (Å²) in [6, 6.07) is -11.7. The number of aliphatic hydroxyl groups excluding tert-OH is 2. The van der Waals surface area contributed by atoms with E-state index in [1.807, 2.05) is 0 Å². The lowest BCUT2D eigenvalue weighted by molar-refractivity contribution is -0.146. The van der Waals surface area contributed by atoms with E-state index in [2.05, 4.69) is 90.4 Å². The molecular formula is C80H140N20O22. The molecule has 20 amide bonds. The lowest BCUT2D eigenvalue weighted by atomic mass is 9.94. The normalized spacial score (nSPS) is 15.8. The van der Waals surface area contributed by atoms with E-state index in [9.17, 15) is 106 Å². The van der Waals surface area contributed by atoms with Crippen LogP contribution in [0.25, 0.3) is 0 Å². The molecule has 692 valence electrons. The van der Waals surface area contributed by atoms with Crippen molar-refractivity contribution in [3.05, 3.63) is 0 Å². The lowest BCUT2D eigenvalue weighted by Crippen LogP contribution is -2.66. The van der Waals surface area contributed by atoms with E-state index in [-0.39, 0.29) is 62.8 Å². The zero-order chi connectivity index (χ0) is 94.8. The summed E-state index contributed by atoms with van der Waals surface area (Å²) in [5, 5.41) is 62.9. The van der Waals surface area contributed by atoms with Gasteiger partial charge in [-0.1, -0.05) is 62.3 Å². The quantitative estimate of drug-likeness (QED) is 0.0273. The molecule has 42 nitrogen and oxygen atoms in total. The standard InChI is InChI=1S/C80H140N20O22/c1-27-80(26,71(121)99-79(24,25)72(122)100-34-28-29-52(100)63(113)86-49(36-41(4)5)62(112)96-78(22,23)70(120)98-77(20,21)68(118)88-46(30-32-53(81)104)58(108)87-50(38-101)42(6)7)93-55(106)37-83-65(115)73(12,13)97-64(114)56(43(8)9)91-69(119)76(18,19)94-60(110)47(31-33-54(82)105)89-67(117)75(16,17)95-61(111)48(35-40(2)3)85-57(107)44(10)84-59(109)51(39-102)90-66(116)74(14,15)92-45(11)103/h40-44,46-52,56,101-102H,27-39H2,1-26H3,(H2,81,104)(H2,82,105)(H,83,115)(H,84,109)(H,85,107)(H,86,113)(H,87,108)(H,88,118)(H,89,117)(H,90,116)(H,91,119)(H,92,103)(H,93,106)(H,94,110)(H,95,111)(H,96,112)(H,97,114)(H,98,120)(H,99,121). The van der Waals surface area contributed by atoms with E-state index in [0.717, 1.165) is 0 Å². The van der Waals surface area contributed by atoms with Gasteiger partial charge in [0, 0.05) is 26.3 Å². The molecule has 1 heterocycles. The summed E-state index contributed by atoms with van der Waals surface area (Å²) >= 11 is 0. The highest BCUT2D eigenvalue weighted by Gasteiger charge is 2.48. The van der Waals surface area contributed by atoms with Crippen LogP contribution >= 0.6 is 0 Å². The topological polar surface area (TPSA) is 642 Å². The van der Waals surface area contributed by atoms with Gasteiger partial charge in [0.05, 0.1) is 25.8 Å². The molecule has 0 bridgehead atoms. The Labute approximate surface area is 714 Å². The molecule has 122 heavy (non-hydrogen) atoms. The fourth-order valence-electron chi connectivity index (χ4n) is 12.2. The van der Waals surface area contributed by atoms with Gasteiger partial charge in [-0.05, 0) is 179 Å². The molecule has 1 rings (SSSR count). The number of likely N-dealkylation sites (tertiary alicyclic amines) is 1. The van der Waals surface area contributed by atoms with Gasteiger partial charge in [0.25, 0.3) is 0 Å². The number of carbonyl (C=O) groups is 20. The first-order chi connectivity index (χ1) is 55.6. The molecular weight excluding hydrogens is 1590 g/mol. The lowest BCUT2D eigenvalue weighted by Gasteiger charge is -2.37. The van der Waals surface area contributed by atoms with Gasteiger partial charge in [0.2, 0.25) is 118 Å². The molecule has 10 atom stereocenters. The van der Waals surface area contributed by atoms with Crippen LogP contribution in [0.5, 0.6) is 0 Å². The highest BCUT2D eigenvalue weighted by Crippen LogP contribution is 2.25. The van der Waals surface area contributed by atoms with Gasteiger partial charge < -0.3 is 117 Å². The van der Waals surface area contributed by atoms with E-state index in [4.69, 9.17) is 11.5 Å². The molecule has 0 saturated carbocycles. The van der Waals surface area contributed by atoms with Crippen molar-refractivity contribution in [3.8, 4) is 0 Å². The third kappa shape index (κ3) is 34.3. The average Bonchev–Trinajstić information content (AvgIpc) is 1.47. The Morgan fingerprint density at radius 2 is 0.787 bits per heavy atom. The van der Waals surface area contributed by atoms with E-state index in [1.165, 1.54) is 123 Å². The molecule has 42 heteroatoms. The Balaban J connectivity index is 3.22. The second-order valence-corrected chi connectivity index (χ2v) is 36.6. The van der Waals surface area contributed by atoms with Gasteiger partial charge in [-0.2, -0.15) is 0 Å². The summed E-state index contributed by atoms with van der Waals surface area (Å²) < 4.78 is 0. The zero-order valence-electron chi connectivity index (χ0n) is 75.9. The predicted molar refractivity (Wildman–Crippen MR) is 447 cm³/mol. The summed E-state index contributed by atoms with van der Waals surface area (Å²) in [7, 11) is 0. The van der Waals surface area contributed by atoms with Crippen molar-refractivity contribution in [1.29, 1.82) is 0 Å². The number of aliphatic hydroxyl groups is 2. The molecule has 10 unspecified atom stereocenters. The Morgan fingerprint density at radius 3 is 1.21 bits per heavy atom. The smallest absolute Gasteiger partial charge is 0.248 e. The number of nitrogens with zero attached hydrogens (tertiary/aromatic N) is 1. The van der Waals surface area contributed by atoms with Crippen LogP contribution < -0.4 is 102 Å². The van der Waals surface area contributed by atoms with Crippen LogP contribution in [-0.2, 0) is 95.9 Å². The zero-order valence-corrected chi connectivity index (χ0v) is 75.9. The van der Waals surface area contributed by atoms with Crippen molar-refractivity contribution < 1.29 is 106 Å². The summed E-state index contributed by atoms with van der Waals surface area (Å²) in [4.78, 5) is 272. The molecule has 0 aromatic heterocycles. The first-order valence-electron chi connectivity index (χ1n) is 41.0. The second-order valence-electron chi connectivity index (χ2n) is 36.6. The van der Waals surface area contributed by atoms with Crippen LogP contribution in [0.3, 0.4) is 0 Å². The Morgan fingerprint density at radius 1 is 0.393 bits per heavy atom. The van der Waals surface area contributed by atoms with Crippen LogP contribution in [0.1, 0.15) is 238 Å². The van der Waals surface area contributed by atoms with Gasteiger partial charge >= 0.3 is 0 Å². The minimum atomic E-state index is -1.90. The van der Waals surface area contributed by atoms with Gasteiger partial charge in [0.15, 0.2) is 0 Å². The maximum absolute atomic E-state index is 14.5. The molecule has 0 aromatic rings. The van der Waals surface area contributed by atoms with E-state index >= 15 is 0 Å². The molecule has 0 aromatic carbocycles. The van der Waals surface area contributed by atoms with Gasteiger partial charge in [-0.25, -0.2) is 0 Å². The Hall–Kier alpha value is -10.7. The number of rotatable bonds is 49. The average molecular weight is 1730 g/mol. The minimum Gasteiger partial charge on any atom is -0.394 e. The number of nitrogens with one attached hydrogen (secondary N) is 17. The van der Waals surface area contributed by atoms with Crippen LogP contribution in [0.4, 0.5) is 0 Å². The van der Waals surface area contributed by atoms with E-state index in [0.29, 0.717) is 6.42 Å². The van der Waals surface area contributed by atoms with Crippen molar-refractivity contribution in [3.63, 3.8) is 0 Å². The van der Waals surface area contributed by atoms with Crippen LogP contribution in [0, 0.1) is 23.7 Å². The summed E-state index contributed by atoms with van der Waals surface area (Å²) in [6.45, 7) is 35.6. The fourth-order valence-corrected chi connectivity index (χ4v) is 12.2. The number of amides is 20. The van der Waals surface area contributed by atoms with Gasteiger partial charge in [0.1, 0.15) is 92.6 Å². The SMILES string of the molecule is CCC(C)(NC(=O)CNC(=O)C(C)(C)NC(=O)C(NC(=O)C(C)(C)NC(=O)C(CCC(N)=O)NC(=O)C(C)(C)NC(=O)C(CC(C)C)NC(=O)C(C)NC(=O)C(CO)NC(=O)C(C)(C)NC(C)=O)C(C)C)C(=O)NC(C)(C)C(=O)N1CCCC1C(=O)NC(CC(C)C)C(=O)NC(C)(C)C(=O)NC(C)(C)C(=O)NC(CCC(N)=O)C(=O)NC(CO)C(C)C. The molecule has 1 aliphatic rings. The first-order valence-corrected chi connectivity index (χ1v) is 41.0. The van der Waals surface area contributed by atoms with Crippen molar-refractivity contribution in [2.45, 2.75) is 336 Å². The Bertz CT molecular complexity index is 3830. The largest absolute Gasteiger partial charge is 0.394 e. The fraction of sp³-hybridized carbons (Fsp3) is 0.750. The Kier molecular flexibility index (Phi) is 41.2. The summed E-state index contributed by atoms with van der Waals surface area (Å²) in [6.07, 6.45) is -0.889. The van der Waals surface area contributed by atoms with Crippen molar-refractivity contribution >= 4 is 118 Å². The molecule has 0 radical (unpaired) electrons. The number of carbonyl (C=O) groups excluding carboxylic acids is 20. The molecule has 1 aliphatic heterocycles. The minimum absolute atomic E-state index is 0.00152. The third-order valence-corrected chi connectivity index (χ3v) is 20.3. The van der Waals surface area contributed by atoms with Gasteiger partial charge in [-0.15, -0.1) is 0 Å². The highest BCUT2D eigenvalue weighted by molar-refractivity contribution is 6.04. The third-order valence-electron chi connectivity index (χ3n) is 20.3. The van der Waals surface area contributed by atoms with Crippen LogP contribution in [-0.4, -0.2) is 258 Å². The molecule has 0 spiro atoms. The van der Waals surface area contributed by atoms with Crippen LogP contribution in [0.2, 0.25) is 0 Å². The van der Waals surface area contributed by atoms with Crippen molar-refractivity contribution in [2.24, 2.45) is 35.1 Å². The first kappa shape index (κ1) is 109. The van der Waals surface area contributed by atoms with Crippen LogP contribution in [0.15, 0.2) is 0 Å².